The summed E-state index contributed by atoms with van der Waals surface area (Å²) in [5, 5.41) is 4.04. The Bertz CT molecular complexity index is 407. The van der Waals surface area contributed by atoms with Gasteiger partial charge in [-0.25, -0.2) is 0 Å². The van der Waals surface area contributed by atoms with E-state index in [1.807, 2.05) is 23.8 Å². The first kappa shape index (κ1) is 16.1. The molecule has 1 unspecified atom stereocenters. The molecule has 0 radical (unpaired) electrons. The highest BCUT2D eigenvalue weighted by Gasteiger charge is 2.22. The number of hydrogen-bond donors (Lipinski definition) is 1. The smallest absolute Gasteiger partial charge is 0.307 e. The van der Waals surface area contributed by atoms with Crippen LogP contribution in [0.5, 0.6) is 0 Å². The quantitative estimate of drug-likeness (QED) is 0.590. The minimum atomic E-state index is -0.187. The molecule has 0 spiro atoms. The summed E-state index contributed by atoms with van der Waals surface area (Å²) < 4.78 is 4.94. The maximum Gasteiger partial charge on any atom is 0.307 e. The molecule has 0 aliphatic carbocycles. The van der Waals surface area contributed by atoms with Crippen LogP contribution in [0.15, 0.2) is 16.8 Å². The van der Waals surface area contributed by atoms with Gasteiger partial charge in [0.15, 0.2) is 0 Å². The van der Waals surface area contributed by atoms with Gasteiger partial charge in [-0.1, -0.05) is 19.1 Å². The minimum absolute atomic E-state index is 0.110. The van der Waals surface area contributed by atoms with Crippen LogP contribution < -0.4 is 5.73 Å². The molecule has 0 aromatic carbocycles. The zero-order valence-corrected chi connectivity index (χ0v) is 12.9. The van der Waals surface area contributed by atoms with E-state index in [0.717, 1.165) is 12.1 Å². The van der Waals surface area contributed by atoms with Crippen LogP contribution in [0.4, 0.5) is 0 Å². The molecule has 0 amide bonds. The summed E-state index contributed by atoms with van der Waals surface area (Å²) in [4.78, 5) is 14.0. The van der Waals surface area contributed by atoms with Gasteiger partial charge >= 0.3 is 5.97 Å². The van der Waals surface area contributed by atoms with E-state index in [2.05, 4.69) is 4.90 Å². The van der Waals surface area contributed by atoms with Crippen molar-refractivity contribution in [3.05, 3.63) is 22.4 Å². The van der Waals surface area contributed by atoms with Gasteiger partial charge in [0.05, 0.1) is 24.1 Å². The molecule has 6 heteroatoms. The van der Waals surface area contributed by atoms with E-state index in [4.69, 9.17) is 22.7 Å². The second-order valence-corrected chi connectivity index (χ2v) is 5.30. The lowest BCUT2D eigenvalue weighted by atomic mass is 10.1. The predicted molar refractivity (Wildman–Crippen MR) is 82.3 cm³/mol. The maximum atomic E-state index is 11.4. The second kappa shape index (κ2) is 8.24. The molecule has 1 rings (SSSR count). The van der Waals surface area contributed by atoms with Crippen LogP contribution in [-0.4, -0.2) is 35.6 Å². The Labute approximate surface area is 123 Å². The number of rotatable bonds is 8. The first-order valence-electron chi connectivity index (χ1n) is 6.31. The van der Waals surface area contributed by atoms with Crippen molar-refractivity contribution in [3.63, 3.8) is 0 Å². The van der Waals surface area contributed by atoms with E-state index >= 15 is 0 Å². The van der Waals surface area contributed by atoms with Crippen molar-refractivity contribution < 1.29 is 9.53 Å². The number of hydrogen-bond acceptors (Lipinski definition) is 5. The van der Waals surface area contributed by atoms with Crippen molar-refractivity contribution in [1.82, 2.24) is 4.90 Å². The van der Waals surface area contributed by atoms with Gasteiger partial charge in [0, 0.05) is 6.54 Å². The molecule has 1 heterocycles. The molecule has 0 bridgehead atoms. The topological polar surface area (TPSA) is 55.6 Å². The van der Waals surface area contributed by atoms with Gasteiger partial charge in [0.25, 0.3) is 0 Å². The van der Waals surface area contributed by atoms with Crippen LogP contribution in [0.25, 0.3) is 0 Å². The Morgan fingerprint density at radius 1 is 1.58 bits per heavy atom. The molecular formula is C13H20N2O2S2. The van der Waals surface area contributed by atoms with Crippen LogP contribution >= 0.6 is 23.6 Å². The number of likely N-dealkylation sites (N-methyl/N-ethyl adjacent to an activating group) is 1. The summed E-state index contributed by atoms with van der Waals surface area (Å²) in [5.74, 6) is -0.187. The molecule has 0 saturated carbocycles. The maximum absolute atomic E-state index is 11.4. The molecule has 4 nitrogen and oxygen atoms in total. The highest BCUT2D eigenvalue weighted by Crippen LogP contribution is 2.23. The number of carbonyl (C=O) groups is 1. The number of thiophene rings is 1. The Morgan fingerprint density at radius 3 is 2.79 bits per heavy atom. The lowest BCUT2D eigenvalue weighted by Crippen LogP contribution is -2.38. The van der Waals surface area contributed by atoms with Crippen molar-refractivity contribution in [1.29, 1.82) is 0 Å². The zero-order chi connectivity index (χ0) is 14.3. The van der Waals surface area contributed by atoms with Crippen LogP contribution in [-0.2, 0) is 9.53 Å². The van der Waals surface area contributed by atoms with E-state index in [9.17, 15) is 4.79 Å². The van der Waals surface area contributed by atoms with Crippen molar-refractivity contribution in [3.8, 4) is 0 Å². The Balaban J connectivity index is 2.70. The third-order valence-corrected chi connectivity index (χ3v) is 3.73. The Kier molecular flexibility index (Phi) is 6.97. The predicted octanol–water partition coefficient (Wildman–Crippen LogP) is 2.35. The number of ether oxygens (including phenoxy) is 1. The third-order valence-electron chi connectivity index (χ3n) is 2.81. The molecule has 1 atom stereocenters. The van der Waals surface area contributed by atoms with Crippen molar-refractivity contribution in [2.24, 2.45) is 5.73 Å². The lowest BCUT2D eigenvalue weighted by molar-refractivity contribution is -0.143. The molecule has 0 saturated heterocycles. The highest BCUT2D eigenvalue weighted by atomic mass is 32.1. The van der Waals surface area contributed by atoms with E-state index in [1.165, 1.54) is 0 Å². The SMILES string of the molecule is CCOC(=O)CCN(CC)C(C(N)=S)c1ccsc1. The molecular weight excluding hydrogens is 280 g/mol. The largest absolute Gasteiger partial charge is 0.466 e. The Hall–Kier alpha value is -0.980. The number of nitrogens with two attached hydrogens (primary N) is 1. The summed E-state index contributed by atoms with van der Waals surface area (Å²) in [6.07, 6.45) is 0.352. The van der Waals surface area contributed by atoms with Crippen molar-refractivity contribution in [2.75, 3.05) is 19.7 Å². The molecule has 1 aromatic heterocycles. The van der Waals surface area contributed by atoms with Crippen LogP contribution in [0.3, 0.4) is 0 Å². The van der Waals surface area contributed by atoms with E-state index < -0.39 is 0 Å². The van der Waals surface area contributed by atoms with Gasteiger partial charge in [-0.15, -0.1) is 0 Å². The molecule has 106 valence electrons. The first-order chi connectivity index (χ1) is 9.10. The third kappa shape index (κ3) is 4.89. The van der Waals surface area contributed by atoms with Crippen LogP contribution in [0.1, 0.15) is 31.9 Å². The molecule has 2 N–H and O–H groups in total. The first-order valence-corrected chi connectivity index (χ1v) is 7.66. The normalized spacial score (nSPS) is 12.4. The van der Waals surface area contributed by atoms with Gasteiger partial charge in [-0.2, -0.15) is 11.3 Å². The monoisotopic (exact) mass is 300 g/mol. The van der Waals surface area contributed by atoms with E-state index in [0.29, 0.717) is 24.6 Å². The van der Waals surface area contributed by atoms with Crippen molar-refractivity contribution >= 4 is 34.5 Å². The summed E-state index contributed by atoms with van der Waals surface area (Å²) in [6.45, 7) is 5.61. The lowest BCUT2D eigenvalue weighted by Gasteiger charge is -2.29. The summed E-state index contributed by atoms with van der Waals surface area (Å²) in [7, 11) is 0. The molecule has 0 aliphatic rings. The Morgan fingerprint density at radius 2 is 2.32 bits per heavy atom. The number of thiocarbonyl (C=S) groups is 1. The van der Waals surface area contributed by atoms with Gasteiger partial charge in [0.2, 0.25) is 0 Å². The fraction of sp³-hybridized carbons (Fsp3) is 0.538. The van der Waals surface area contributed by atoms with Gasteiger partial charge in [-0.3, -0.25) is 9.69 Å². The fourth-order valence-electron chi connectivity index (χ4n) is 1.92. The average molecular weight is 300 g/mol. The summed E-state index contributed by atoms with van der Waals surface area (Å²) in [5.41, 5.74) is 6.93. The summed E-state index contributed by atoms with van der Waals surface area (Å²) >= 11 is 6.78. The second-order valence-electron chi connectivity index (χ2n) is 4.05. The zero-order valence-electron chi connectivity index (χ0n) is 11.3. The number of nitrogens with zero attached hydrogens (tertiary/aromatic N) is 1. The number of esters is 1. The van der Waals surface area contributed by atoms with Gasteiger partial charge < -0.3 is 10.5 Å². The molecule has 0 fully saturated rings. The average Bonchev–Trinajstić information content (AvgIpc) is 2.87. The highest BCUT2D eigenvalue weighted by molar-refractivity contribution is 7.80. The van der Waals surface area contributed by atoms with E-state index in [1.54, 1.807) is 18.3 Å². The number of carbonyl (C=O) groups excluding carboxylic acids is 1. The van der Waals surface area contributed by atoms with Gasteiger partial charge in [0.1, 0.15) is 0 Å². The molecule has 0 aliphatic heterocycles. The van der Waals surface area contributed by atoms with Gasteiger partial charge in [-0.05, 0) is 35.9 Å². The molecule has 1 aromatic rings. The van der Waals surface area contributed by atoms with Crippen LogP contribution in [0, 0.1) is 0 Å². The minimum Gasteiger partial charge on any atom is -0.466 e. The fourth-order valence-corrected chi connectivity index (χ4v) is 2.89. The van der Waals surface area contributed by atoms with E-state index in [-0.39, 0.29) is 12.0 Å². The van der Waals surface area contributed by atoms with Crippen LogP contribution in [0.2, 0.25) is 0 Å². The standard InChI is InChI=1S/C13H20N2O2S2/c1-3-15(7-5-11(16)17-4-2)12(13(14)18)10-6-8-19-9-10/h6,8-9,12H,3-5,7H2,1-2H3,(H2,14,18). The van der Waals surface area contributed by atoms with Crippen molar-refractivity contribution in [2.45, 2.75) is 26.3 Å². The summed E-state index contributed by atoms with van der Waals surface area (Å²) in [6, 6.07) is 1.90. The molecule has 19 heavy (non-hydrogen) atoms.